The van der Waals surface area contributed by atoms with E-state index in [1.807, 2.05) is 56.5 Å². The van der Waals surface area contributed by atoms with E-state index in [4.69, 9.17) is 4.74 Å². The summed E-state index contributed by atoms with van der Waals surface area (Å²) in [4.78, 5) is 42.3. The van der Waals surface area contributed by atoms with Crippen LogP contribution in [0.4, 0.5) is 0 Å². The molecule has 1 saturated heterocycles. The van der Waals surface area contributed by atoms with Crippen molar-refractivity contribution in [2.75, 3.05) is 20.2 Å². The molecule has 8 heteroatoms. The number of Topliss-reactive ketones (excluding diaryl/α,β-unsaturated/α-hetero) is 2. The minimum Gasteiger partial charge on any atom is -0.512 e. The van der Waals surface area contributed by atoms with E-state index in [1.165, 1.54) is 0 Å². The summed E-state index contributed by atoms with van der Waals surface area (Å²) in [6.45, 7) is 10.7. The summed E-state index contributed by atoms with van der Waals surface area (Å²) in [5, 5.41) is 22.6. The zero-order valence-corrected chi connectivity index (χ0v) is 26.5. The molecule has 3 heterocycles. The molecule has 2 atom stereocenters. The van der Waals surface area contributed by atoms with Crippen molar-refractivity contribution < 1.29 is 24.5 Å². The Morgan fingerprint density at radius 1 is 0.864 bits per heavy atom. The number of aliphatic hydroxyl groups excluding tert-OH is 2. The number of rotatable bonds is 6. The SMILES string of the molecule is COc1ccc(C(C2=C(O)CC(C)(C)CC2=O)C2=C(O)CC(C)(C)CC2=O)cc1CN1C[C@@H]2C[C@H](C1)c1cccc(=O)n1C2. The smallest absolute Gasteiger partial charge is 0.250 e. The van der Waals surface area contributed by atoms with Crippen LogP contribution in [0.15, 0.2) is 63.9 Å². The van der Waals surface area contributed by atoms with Gasteiger partial charge in [0.05, 0.1) is 7.11 Å². The van der Waals surface area contributed by atoms with Crippen LogP contribution in [0.2, 0.25) is 0 Å². The lowest BCUT2D eigenvalue weighted by Gasteiger charge is -2.43. The molecule has 2 aliphatic carbocycles. The van der Waals surface area contributed by atoms with Crippen molar-refractivity contribution in [2.24, 2.45) is 16.7 Å². The van der Waals surface area contributed by atoms with Gasteiger partial charge in [-0.15, -0.1) is 0 Å². The Bertz CT molecular complexity index is 1590. The van der Waals surface area contributed by atoms with Crippen molar-refractivity contribution in [1.29, 1.82) is 0 Å². The Labute approximate surface area is 259 Å². The normalized spacial score (nSPS) is 25.0. The second-order valence-corrected chi connectivity index (χ2v) is 15.0. The molecular formula is C36H44N2O6. The first-order chi connectivity index (χ1) is 20.7. The maximum Gasteiger partial charge on any atom is 0.250 e. The second-order valence-electron chi connectivity index (χ2n) is 15.0. The van der Waals surface area contributed by atoms with E-state index in [2.05, 4.69) is 11.0 Å². The topological polar surface area (TPSA) is 109 Å². The van der Waals surface area contributed by atoms with E-state index >= 15 is 0 Å². The van der Waals surface area contributed by atoms with Gasteiger partial charge in [0, 0.05) is 92.2 Å². The van der Waals surface area contributed by atoms with E-state index in [0.717, 1.165) is 30.8 Å². The van der Waals surface area contributed by atoms with Crippen molar-refractivity contribution in [3.05, 3.63) is 86.2 Å². The highest BCUT2D eigenvalue weighted by molar-refractivity contribution is 6.05. The number of allylic oxidation sites excluding steroid dienone is 4. The summed E-state index contributed by atoms with van der Waals surface area (Å²) in [6, 6.07) is 11.2. The Morgan fingerprint density at radius 2 is 1.50 bits per heavy atom. The third-order valence-electron chi connectivity index (χ3n) is 9.96. The van der Waals surface area contributed by atoms with Gasteiger partial charge in [-0.25, -0.2) is 0 Å². The highest BCUT2D eigenvalue weighted by Crippen LogP contribution is 2.48. The van der Waals surface area contributed by atoms with Crippen molar-refractivity contribution in [1.82, 2.24) is 9.47 Å². The highest BCUT2D eigenvalue weighted by atomic mass is 16.5. The molecule has 2 bridgehead atoms. The lowest BCUT2D eigenvalue weighted by Crippen LogP contribution is -2.46. The number of piperidine rings is 1. The number of likely N-dealkylation sites (tertiary alicyclic amines) is 1. The first kappa shape index (κ1) is 30.4. The third-order valence-corrected chi connectivity index (χ3v) is 9.96. The van der Waals surface area contributed by atoms with Crippen LogP contribution in [0.5, 0.6) is 5.75 Å². The molecule has 0 saturated carbocycles. The van der Waals surface area contributed by atoms with Gasteiger partial charge in [-0.2, -0.15) is 0 Å². The lowest BCUT2D eigenvalue weighted by molar-refractivity contribution is -0.119. The molecular weight excluding hydrogens is 556 g/mol. The summed E-state index contributed by atoms with van der Waals surface area (Å²) in [5.41, 5.74) is 2.36. The number of methoxy groups -OCH3 is 1. The van der Waals surface area contributed by atoms with E-state index in [1.54, 1.807) is 13.2 Å². The van der Waals surface area contributed by atoms with E-state index in [0.29, 0.717) is 43.2 Å². The fraction of sp³-hybridized carbons (Fsp3) is 0.528. The van der Waals surface area contributed by atoms with Gasteiger partial charge in [0.15, 0.2) is 11.6 Å². The molecule has 1 fully saturated rings. The van der Waals surface area contributed by atoms with E-state index in [-0.39, 0.29) is 58.5 Å². The molecule has 2 aromatic rings. The Hall–Kier alpha value is -3.65. The predicted octanol–water partition coefficient (Wildman–Crippen LogP) is 5.96. The standard InChI is InChI=1S/C36H44N2O6/c1-35(2)13-26(39)33(27(40)14-35)32(34-28(41)15-36(3,4)16-29(34)42)22-9-10-30(44-5)24(12-22)20-37-17-21-11-23(19-37)25-7-6-8-31(43)38(25)18-21/h6-10,12,21,23,32,39,41H,11,13-20H2,1-5H3/t21-,23+/m0/s1. The number of carbonyl (C=O) groups is 2. The van der Waals surface area contributed by atoms with Gasteiger partial charge in [-0.3, -0.25) is 19.3 Å². The number of aliphatic hydroxyl groups is 2. The number of aromatic nitrogens is 1. The molecule has 8 nitrogen and oxygen atoms in total. The van der Waals surface area contributed by atoms with Crippen LogP contribution in [0.25, 0.3) is 0 Å². The van der Waals surface area contributed by atoms with Crippen LogP contribution in [-0.2, 0) is 22.7 Å². The summed E-state index contributed by atoms with van der Waals surface area (Å²) >= 11 is 0. The maximum atomic E-state index is 13.7. The van der Waals surface area contributed by atoms with Crippen molar-refractivity contribution in [3.63, 3.8) is 0 Å². The minimum absolute atomic E-state index is 0.00989. The monoisotopic (exact) mass is 600 g/mol. The van der Waals surface area contributed by atoms with Crippen molar-refractivity contribution in [2.45, 2.75) is 84.7 Å². The molecule has 0 radical (unpaired) electrons. The van der Waals surface area contributed by atoms with Crippen LogP contribution in [0, 0.1) is 16.7 Å². The van der Waals surface area contributed by atoms with Crippen molar-refractivity contribution >= 4 is 11.6 Å². The molecule has 234 valence electrons. The van der Waals surface area contributed by atoms with Gasteiger partial charge in [0.25, 0.3) is 5.56 Å². The highest BCUT2D eigenvalue weighted by Gasteiger charge is 2.44. The van der Waals surface area contributed by atoms with Gasteiger partial charge in [0.1, 0.15) is 17.3 Å². The zero-order valence-electron chi connectivity index (χ0n) is 26.5. The number of fused-ring (bicyclic) bond motifs is 4. The number of benzene rings is 1. The largest absolute Gasteiger partial charge is 0.512 e. The molecule has 2 aliphatic heterocycles. The molecule has 1 aromatic heterocycles. The molecule has 2 N–H and O–H groups in total. The van der Waals surface area contributed by atoms with Crippen LogP contribution < -0.4 is 10.3 Å². The number of nitrogens with zero attached hydrogens (tertiary/aromatic N) is 2. The molecule has 6 rings (SSSR count). The first-order valence-electron chi connectivity index (χ1n) is 15.7. The minimum atomic E-state index is -0.869. The molecule has 0 spiro atoms. The quantitative estimate of drug-likeness (QED) is 0.421. The number of ether oxygens (including phenoxy) is 1. The van der Waals surface area contributed by atoms with Crippen LogP contribution in [0.3, 0.4) is 0 Å². The van der Waals surface area contributed by atoms with Crippen LogP contribution in [0.1, 0.15) is 88.5 Å². The molecule has 0 amide bonds. The second kappa shape index (κ2) is 11.1. The molecule has 1 aromatic carbocycles. The maximum absolute atomic E-state index is 13.7. The number of carbonyl (C=O) groups excluding carboxylic acids is 2. The fourth-order valence-corrected chi connectivity index (χ4v) is 8.20. The van der Waals surface area contributed by atoms with Crippen LogP contribution in [-0.4, -0.2) is 51.4 Å². The van der Waals surface area contributed by atoms with Crippen LogP contribution >= 0.6 is 0 Å². The number of hydrogen-bond donors (Lipinski definition) is 2. The summed E-state index contributed by atoms with van der Waals surface area (Å²) < 4.78 is 7.71. The predicted molar refractivity (Wildman–Crippen MR) is 168 cm³/mol. The van der Waals surface area contributed by atoms with E-state index < -0.39 is 16.7 Å². The van der Waals surface area contributed by atoms with Gasteiger partial charge >= 0.3 is 0 Å². The average molecular weight is 601 g/mol. The zero-order chi connectivity index (χ0) is 31.6. The van der Waals surface area contributed by atoms with Gasteiger partial charge in [-0.05, 0) is 46.9 Å². The van der Waals surface area contributed by atoms with Gasteiger partial charge < -0.3 is 19.5 Å². The molecule has 0 unspecified atom stereocenters. The van der Waals surface area contributed by atoms with Crippen molar-refractivity contribution in [3.8, 4) is 5.75 Å². The first-order valence-corrected chi connectivity index (χ1v) is 15.7. The number of ketones is 2. The lowest BCUT2D eigenvalue weighted by atomic mass is 9.67. The molecule has 44 heavy (non-hydrogen) atoms. The third kappa shape index (κ3) is 5.65. The Morgan fingerprint density at radius 3 is 2.09 bits per heavy atom. The number of hydrogen-bond acceptors (Lipinski definition) is 7. The summed E-state index contributed by atoms with van der Waals surface area (Å²) in [6.07, 6.45) is 2.20. The average Bonchev–Trinajstić information content (AvgIpc) is 2.91. The van der Waals surface area contributed by atoms with E-state index in [9.17, 15) is 24.6 Å². The summed E-state index contributed by atoms with van der Waals surface area (Å²) in [5.74, 6) is 0.0324. The fourth-order valence-electron chi connectivity index (χ4n) is 8.20. The van der Waals surface area contributed by atoms with Gasteiger partial charge in [-0.1, -0.05) is 39.8 Å². The Balaban J connectivity index is 1.40. The van der Waals surface area contributed by atoms with Gasteiger partial charge in [0.2, 0.25) is 0 Å². The Kier molecular flexibility index (Phi) is 7.63. The molecule has 4 aliphatic rings. The number of pyridine rings is 1. The summed E-state index contributed by atoms with van der Waals surface area (Å²) in [7, 11) is 1.63.